The number of nitrogens with zero attached hydrogens (tertiary/aromatic N) is 6. The monoisotopic (exact) mass is 405 g/mol. The summed E-state index contributed by atoms with van der Waals surface area (Å²) in [6.45, 7) is 0.483. The number of aryl methyl sites for hydroxylation is 1. The second-order valence-electron chi connectivity index (χ2n) is 5.54. The third-order valence-corrected chi connectivity index (χ3v) is 5.23. The smallest absolute Gasteiger partial charge is 0.211 e. The van der Waals surface area contributed by atoms with Crippen LogP contribution >= 0.6 is 34.5 Å². The second kappa shape index (κ2) is 7.06. The first-order valence-electron chi connectivity index (χ1n) is 7.64. The van der Waals surface area contributed by atoms with Crippen molar-refractivity contribution in [2.24, 2.45) is 7.05 Å². The minimum absolute atomic E-state index is 0.483. The van der Waals surface area contributed by atoms with Gasteiger partial charge in [-0.2, -0.15) is 10.2 Å². The van der Waals surface area contributed by atoms with E-state index in [1.54, 1.807) is 15.6 Å². The average Bonchev–Trinajstić information content (AvgIpc) is 3.33. The standard InChI is InChI=1S/C16H13Cl2N7S/c1-24-8-10(7-19-24)15-21-22-16(26-15)20-14-5-6-25(23-14)9-11-12(17)3-2-4-13(11)18/h2-8H,9H2,1H3,(H,20,22,23). The van der Waals surface area contributed by atoms with Crippen LogP contribution in [0.4, 0.5) is 10.9 Å². The van der Waals surface area contributed by atoms with Gasteiger partial charge in [0.05, 0.1) is 18.3 Å². The number of hydrogen-bond acceptors (Lipinski definition) is 6. The fourth-order valence-corrected chi connectivity index (χ4v) is 3.64. The highest BCUT2D eigenvalue weighted by Crippen LogP contribution is 2.28. The molecule has 0 bridgehead atoms. The van der Waals surface area contributed by atoms with E-state index in [0.29, 0.717) is 27.5 Å². The fourth-order valence-electron chi connectivity index (χ4n) is 2.39. The van der Waals surface area contributed by atoms with Gasteiger partial charge in [-0.3, -0.25) is 9.36 Å². The van der Waals surface area contributed by atoms with Crippen LogP contribution < -0.4 is 5.32 Å². The van der Waals surface area contributed by atoms with E-state index < -0.39 is 0 Å². The van der Waals surface area contributed by atoms with Gasteiger partial charge in [-0.05, 0) is 12.1 Å². The molecule has 4 aromatic rings. The number of anilines is 2. The molecule has 0 radical (unpaired) electrons. The van der Waals surface area contributed by atoms with Crippen LogP contribution in [-0.4, -0.2) is 29.8 Å². The number of aromatic nitrogens is 6. The van der Waals surface area contributed by atoms with Crippen LogP contribution in [0.25, 0.3) is 10.6 Å². The molecule has 3 heterocycles. The Bertz CT molecular complexity index is 1030. The van der Waals surface area contributed by atoms with Gasteiger partial charge in [-0.25, -0.2) is 0 Å². The molecule has 0 unspecified atom stereocenters. The van der Waals surface area contributed by atoms with Gasteiger partial charge in [0.1, 0.15) is 0 Å². The Morgan fingerprint density at radius 3 is 2.69 bits per heavy atom. The lowest BCUT2D eigenvalue weighted by Gasteiger charge is -2.06. The van der Waals surface area contributed by atoms with Gasteiger partial charge in [-0.1, -0.05) is 40.6 Å². The minimum atomic E-state index is 0.483. The molecular formula is C16H13Cl2N7S. The Morgan fingerprint density at radius 1 is 1.15 bits per heavy atom. The van der Waals surface area contributed by atoms with E-state index in [1.165, 1.54) is 11.3 Å². The molecule has 7 nitrogen and oxygen atoms in total. The molecule has 3 aromatic heterocycles. The number of halogens is 2. The van der Waals surface area contributed by atoms with E-state index in [4.69, 9.17) is 23.2 Å². The molecule has 0 fully saturated rings. The fraction of sp³-hybridized carbons (Fsp3) is 0.125. The van der Waals surface area contributed by atoms with E-state index in [0.717, 1.165) is 16.1 Å². The largest absolute Gasteiger partial charge is 0.313 e. The third kappa shape index (κ3) is 3.57. The zero-order valence-electron chi connectivity index (χ0n) is 13.6. The molecule has 4 rings (SSSR count). The van der Waals surface area contributed by atoms with Crippen molar-refractivity contribution < 1.29 is 0 Å². The van der Waals surface area contributed by atoms with Crippen molar-refractivity contribution in [2.45, 2.75) is 6.54 Å². The summed E-state index contributed by atoms with van der Waals surface area (Å²) in [5, 5.41) is 22.8. The molecule has 0 saturated heterocycles. The Morgan fingerprint density at radius 2 is 1.96 bits per heavy atom. The van der Waals surface area contributed by atoms with Crippen LogP contribution in [0.15, 0.2) is 42.9 Å². The zero-order valence-corrected chi connectivity index (χ0v) is 15.9. The van der Waals surface area contributed by atoms with Crippen molar-refractivity contribution >= 4 is 45.5 Å². The number of nitrogens with one attached hydrogen (secondary N) is 1. The van der Waals surface area contributed by atoms with Crippen LogP contribution in [-0.2, 0) is 13.6 Å². The molecule has 0 aliphatic carbocycles. The molecule has 0 amide bonds. The van der Waals surface area contributed by atoms with E-state index in [-0.39, 0.29) is 0 Å². The highest BCUT2D eigenvalue weighted by atomic mass is 35.5. The molecule has 0 atom stereocenters. The van der Waals surface area contributed by atoms with Crippen molar-refractivity contribution in [2.75, 3.05) is 5.32 Å². The predicted molar refractivity (Wildman–Crippen MR) is 103 cm³/mol. The van der Waals surface area contributed by atoms with Crippen molar-refractivity contribution in [1.82, 2.24) is 29.8 Å². The van der Waals surface area contributed by atoms with Crippen molar-refractivity contribution in [3.05, 3.63) is 58.5 Å². The summed E-state index contributed by atoms with van der Waals surface area (Å²) in [6.07, 6.45) is 5.50. The summed E-state index contributed by atoms with van der Waals surface area (Å²) in [6, 6.07) is 7.30. The van der Waals surface area contributed by atoms with E-state index in [2.05, 4.69) is 25.7 Å². The predicted octanol–water partition coefficient (Wildman–Crippen LogP) is 4.23. The second-order valence-corrected chi connectivity index (χ2v) is 7.33. The van der Waals surface area contributed by atoms with Crippen molar-refractivity contribution in [3.8, 4) is 10.6 Å². The maximum Gasteiger partial charge on any atom is 0.211 e. The summed E-state index contributed by atoms with van der Waals surface area (Å²) in [5.41, 5.74) is 1.76. The Labute approximate surface area is 163 Å². The van der Waals surface area contributed by atoms with Crippen molar-refractivity contribution in [1.29, 1.82) is 0 Å². The maximum absolute atomic E-state index is 6.21. The van der Waals surface area contributed by atoms with Gasteiger partial charge in [-0.15, -0.1) is 10.2 Å². The number of rotatable bonds is 5. The quantitative estimate of drug-likeness (QED) is 0.537. The average molecular weight is 406 g/mol. The zero-order chi connectivity index (χ0) is 18.1. The lowest BCUT2D eigenvalue weighted by molar-refractivity contribution is 0.690. The van der Waals surface area contributed by atoms with E-state index in [1.807, 2.05) is 43.7 Å². The minimum Gasteiger partial charge on any atom is -0.313 e. The topological polar surface area (TPSA) is 73.5 Å². The SMILES string of the molecule is Cn1cc(-c2nnc(Nc3ccn(Cc4c(Cl)cccc4Cl)n3)s2)cn1. The molecule has 26 heavy (non-hydrogen) atoms. The number of benzene rings is 1. The Hall–Kier alpha value is -2.42. The summed E-state index contributed by atoms with van der Waals surface area (Å²) in [4.78, 5) is 0. The van der Waals surface area contributed by atoms with E-state index in [9.17, 15) is 0 Å². The first kappa shape index (κ1) is 17.0. The highest BCUT2D eigenvalue weighted by molar-refractivity contribution is 7.18. The molecular weight excluding hydrogens is 393 g/mol. The maximum atomic E-state index is 6.21. The van der Waals surface area contributed by atoms with Crippen LogP contribution in [0.5, 0.6) is 0 Å². The summed E-state index contributed by atoms with van der Waals surface area (Å²) in [7, 11) is 1.86. The third-order valence-electron chi connectivity index (χ3n) is 3.63. The molecule has 132 valence electrons. The highest BCUT2D eigenvalue weighted by Gasteiger charge is 2.11. The normalized spacial score (nSPS) is 11.0. The van der Waals surface area contributed by atoms with Gasteiger partial charge in [0.25, 0.3) is 0 Å². The van der Waals surface area contributed by atoms with Gasteiger partial charge in [0.15, 0.2) is 10.8 Å². The molecule has 0 saturated carbocycles. The van der Waals surface area contributed by atoms with Gasteiger partial charge < -0.3 is 5.32 Å². The molecule has 0 spiro atoms. The van der Waals surface area contributed by atoms with Gasteiger partial charge in [0, 0.05) is 41.1 Å². The molecule has 1 aromatic carbocycles. The van der Waals surface area contributed by atoms with Gasteiger partial charge in [0.2, 0.25) is 5.13 Å². The lowest BCUT2D eigenvalue weighted by Crippen LogP contribution is -2.02. The van der Waals surface area contributed by atoms with Crippen LogP contribution in [0, 0.1) is 0 Å². The van der Waals surface area contributed by atoms with Crippen molar-refractivity contribution in [3.63, 3.8) is 0 Å². The number of hydrogen-bond donors (Lipinski definition) is 1. The molecule has 0 aliphatic heterocycles. The summed E-state index contributed by atoms with van der Waals surface area (Å²) < 4.78 is 3.49. The van der Waals surface area contributed by atoms with Crippen LogP contribution in [0.3, 0.4) is 0 Å². The van der Waals surface area contributed by atoms with Crippen LogP contribution in [0.1, 0.15) is 5.56 Å². The Balaban J connectivity index is 1.48. The van der Waals surface area contributed by atoms with E-state index >= 15 is 0 Å². The molecule has 1 N–H and O–H groups in total. The molecule has 10 heteroatoms. The summed E-state index contributed by atoms with van der Waals surface area (Å²) in [5.74, 6) is 0.669. The Kier molecular flexibility index (Phi) is 4.62. The van der Waals surface area contributed by atoms with Gasteiger partial charge >= 0.3 is 0 Å². The summed E-state index contributed by atoms with van der Waals surface area (Å²) >= 11 is 13.9. The molecule has 0 aliphatic rings. The first-order valence-corrected chi connectivity index (χ1v) is 9.21. The van der Waals surface area contributed by atoms with Crippen LogP contribution in [0.2, 0.25) is 10.0 Å². The first-order chi connectivity index (χ1) is 12.6. The lowest BCUT2D eigenvalue weighted by atomic mass is 10.2.